The quantitative estimate of drug-likeness (QED) is 0.504. The maximum atomic E-state index is 9.17. The summed E-state index contributed by atoms with van der Waals surface area (Å²) in [4.78, 5) is 0. The third-order valence-corrected chi connectivity index (χ3v) is 3.99. The molecule has 1 aliphatic rings. The van der Waals surface area contributed by atoms with Crippen LogP contribution >= 0.6 is 0 Å². The zero-order chi connectivity index (χ0) is 13.9. The average Bonchev–Trinajstić information content (AvgIpc) is 2.45. The third-order valence-electron chi connectivity index (χ3n) is 3.99. The minimum Gasteiger partial charge on any atom is -0.396 e. The highest BCUT2D eigenvalue weighted by Gasteiger charge is 2.26. The van der Waals surface area contributed by atoms with Crippen molar-refractivity contribution in [3.05, 3.63) is 0 Å². The molecule has 0 saturated heterocycles. The van der Waals surface area contributed by atoms with Gasteiger partial charge in [0, 0.05) is 25.7 Å². The van der Waals surface area contributed by atoms with E-state index in [-0.39, 0.29) is 25.7 Å². The standard InChI is InChI=1S/C14H28O5/c15-5-6-18-7-8-19-11-12-1-3-13(4-2-12)14(9-16)10-17/h12-17H,1-11H2. The van der Waals surface area contributed by atoms with E-state index in [1.165, 1.54) is 0 Å². The highest BCUT2D eigenvalue weighted by molar-refractivity contribution is 4.77. The second-order valence-electron chi connectivity index (χ2n) is 5.32. The fraction of sp³-hybridized carbons (Fsp3) is 1.00. The monoisotopic (exact) mass is 276 g/mol. The van der Waals surface area contributed by atoms with Gasteiger partial charge in [0.25, 0.3) is 0 Å². The molecule has 0 aromatic rings. The Morgan fingerprint density at radius 1 is 0.842 bits per heavy atom. The molecule has 1 saturated carbocycles. The third kappa shape index (κ3) is 6.68. The number of aliphatic hydroxyl groups excluding tert-OH is 3. The Balaban J connectivity index is 2.03. The minimum atomic E-state index is 0.0498. The first-order valence-electron chi connectivity index (χ1n) is 7.29. The molecule has 5 nitrogen and oxygen atoms in total. The van der Waals surface area contributed by atoms with Crippen molar-refractivity contribution in [1.29, 1.82) is 0 Å². The average molecular weight is 276 g/mol. The summed E-state index contributed by atoms with van der Waals surface area (Å²) < 4.78 is 10.7. The topological polar surface area (TPSA) is 79.2 Å². The number of hydrogen-bond donors (Lipinski definition) is 3. The molecule has 0 aromatic heterocycles. The van der Waals surface area contributed by atoms with Crippen molar-refractivity contribution in [3.8, 4) is 0 Å². The molecule has 0 aliphatic heterocycles. The lowest BCUT2D eigenvalue weighted by Gasteiger charge is -2.32. The van der Waals surface area contributed by atoms with Crippen molar-refractivity contribution in [3.63, 3.8) is 0 Å². The van der Waals surface area contributed by atoms with Crippen molar-refractivity contribution in [2.45, 2.75) is 25.7 Å². The van der Waals surface area contributed by atoms with Gasteiger partial charge in [-0.2, -0.15) is 0 Å². The molecule has 114 valence electrons. The molecule has 1 fully saturated rings. The van der Waals surface area contributed by atoms with Gasteiger partial charge >= 0.3 is 0 Å². The zero-order valence-corrected chi connectivity index (χ0v) is 11.7. The molecule has 0 aromatic carbocycles. The SMILES string of the molecule is OCCOCCOCC1CCC(C(CO)CO)CC1. The first-order valence-corrected chi connectivity index (χ1v) is 7.29. The Kier molecular flexibility index (Phi) is 9.38. The van der Waals surface area contributed by atoms with E-state index in [1.807, 2.05) is 0 Å². The van der Waals surface area contributed by atoms with Crippen molar-refractivity contribution >= 4 is 0 Å². The maximum absolute atomic E-state index is 9.17. The number of rotatable bonds is 10. The van der Waals surface area contributed by atoms with Crippen LogP contribution < -0.4 is 0 Å². The van der Waals surface area contributed by atoms with Gasteiger partial charge in [0.1, 0.15) is 0 Å². The van der Waals surface area contributed by atoms with Crippen LogP contribution in [0.1, 0.15) is 25.7 Å². The Bertz CT molecular complexity index is 200. The van der Waals surface area contributed by atoms with Gasteiger partial charge in [-0.1, -0.05) is 0 Å². The summed E-state index contributed by atoms with van der Waals surface area (Å²) in [5.41, 5.74) is 0. The van der Waals surface area contributed by atoms with Crippen molar-refractivity contribution in [2.24, 2.45) is 17.8 Å². The lowest BCUT2D eigenvalue weighted by molar-refractivity contribution is 0.0100. The van der Waals surface area contributed by atoms with Gasteiger partial charge in [0.15, 0.2) is 0 Å². The van der Waals surface area contributed by atoms with E-state index in [1.54, 1.807) is 0 Å². The van der Waals surface area contributed by atoms with Crippen LogP contribution in [0.5, 0.6) is 0 Å². The van der Waals surface area contributed by atoms with Gasteiger partial charge in [-0.15, -0.1) is 0 Å². The van der Waals surface area contributed by atoms with Gasteiger partial charge in [-0.05, 0) is 37.5 Å². The molecule has 1 aliphatic carbocycles. The molecule has 0 unspecified atom stereocenters. The molecule has 0 bridgehead atoms. The van der Waals surface area contributed by atoms with Crippen LogP contribution in [-0.4, -0.2) is 61.6 Å². The summed E-state index contributed by atoms with van der Waals surface area (Å²) >= 11 is 0. The molecule has 0 radical (unpaired) electrons. The Morgan fingerprint density at radius 3 is 2.05 bits per heavy atom. The molecular formula is C14H28O5. The summed E-state index contributed by atoms with van der Waals surface area (Å²) in [6.07, 6.45) is 4.36. The van der Waals surface area contributed by atoms with Crippen molar-refractivity contribution < 1.29 is 24.8 Å². The smallest absolute Gasteiger partial charge is 0.0701 e. The summed E-state index contributed by atoms with van der Waals surface area (Å²) in [7, 11) is 0. The van der Waals surface area contributed by atoms with Gasteiger partial charge in [-0.25, -0.2) is 0 Å². The lowest BCUT2D eigenvalue weighted by Crippen LogP contribution is -2.28. The second-order valence-corrected chi connectivity index (χ2v) is 5.32. The van der Waals surface area contributed by atoms with E-state index in [2.05, 4.69) is 0 Å². The van der Waals surface area contributed by atoms with Crippen LogP contribution in [0.4, 0.5) is 0 Å². The lowest BCUT2D eigenvalue weighted by atomic mass is 9.76. The fourth-order valence-electron chi connectivity index (χ4n) is 2.72. The predicted octanol–water partition coefficient (Wildman–Crippen LogP) is 0.419. The summed E-state index contributed by atoms with van der Waals surface area (Å²) in [5.74, 6) is 1.10. The first kappa shape index (κ1) is 16.9. The predicted molar refractivity (Wildman–Crippen MR) is 71.8 cm³/mol. The largest absolute Gasteiger partial charge is 0.396 e. The van der Waals surface area contributed by atoms with Crippen molar-refractivity contribution in [2.75, 3.05) is 46.2 Å². The van der Waals surface area contributed by atoms with Crippen LogP contribution in [0.3, 0.4) is 0 Å². The summed E-state index contributed by atoms with van der Waals surface area (Å²) in [6.45, 7) is 2.48. The first-order chi connectivity index (χ1) is 9.31. The molecule has 3 N–H and O–H groups in total. The van der Waals surface area contributed by atoms with Crippen LogP contribution in [0.25, 0.3) is 0 Å². The van der Waals surface area contributed by atoms with Crippen LogP contribution in [-0.2, 0) is 9.47 Å². The van der Waals surface area contributed by atoms with Gasteiger partial charge in [-0.3, -0.25) is 0 Å². The molecule has 5 heteroatoms. The molecule has 0 atom stereocenters. The van der Waals surface area contributed by atoms with Crippen LogP contribution in [0.15, 0.2) is 0 Å². The molecular weight excluding hydrogens is 248 g/mol. The van der Waals surface area contributed by atoms with E-state index in [0.29, 0.717) is 31.7 Å². The second kappa shape index (κ2) is 10.6. The minimum absolute atomic E-state index is 0.0498. The molecule has 0 spiro atoms. The number of ether oxygens (including phenoxy) is 2. The Morgan fingerprint density at radius 2 is 1.47 bits per heavy atom. The Hall–Kier alpha value is -0.200. The van der Waals surface area contributed by atoms with Crippen LogP contribution in [0, 0.1) is 17.8 Å². The molecule has 0 amide bonds. The normalized spacial score (nSPS) is 24.0. The zero-order valence-electron chi connectivity index (χ0n) is 11.7. The molecule has 1 rings (SSSR count). The molecule has 19 heavy (non-hydrogen) atoms. The highest BCUT2D eigenvalue weighted by atomic mass is 16.5. The number of hydrogen-bond acceptors (Lipinski definition) is 5. The Labute approximate surface area is 115 Å². The van der Waals surface area contributed by atoms with E-state index in [0.717, 1.165) is 32.3 Å². The van der Waals surface area contributed by atoms with Crippen molar-refractivity contribution in [1.82, 2.24) is 0 Å². The van der Waals surface area contributed by atoms with Gasteiger partial charge < -0.3 is 24.8 Å². The fourth-order valence-corrected chi connectivity index (χ4v) is 2.72. The van der Waals surface area contributed by atoms with Gasteiger partial charge in [0.2, 0.25) is 0 Å². The van der Waals surface area contributed by atoms with Gasteiger partial charge in [0.05, 0.1) is 26.4 Å². The number of aliphatic hydroxyl groups is 3. The summed E-state index contributed by atoms with van der Waals surface area (Å²) in [6, 6.07) is 0. The van der Waals surface area contributed by atoms with E-state index in [4.69, 9.17) is 14.6 Å². The van der Waals surface area contributed by atoms with Crippen LogP contribution in [0.2, 0.25) is 0 Å². The van der Waals surface area contributed by atoms with E-state index in [9.17, 15) is 10.2 Å². The summed E-state index contributed by atoms with van der Waals surface area (Å²) in [5, 5.41) is 26.9. The maximum Gasteiger partial charge on any atom is 0.0701 e. The highest BCUT2D eigenvalue weighted by Crippen LogP contribution is 2.33. The molecule has 0 heterocycles. The van der Waals surface area contributed by atoms with E-state index < -0.39 is 0 Å². The van der Waals surface area contributed by atoms with E-state index >= 15 is 0 Å².